The Morgan fingerprint density at radius 2 is 1.91 bits per heavy atom. The zero-order chi connectivity index (χ0) is 22.3. The predicted octanol–water partition coefficient (Wildman–Crippen LogP) is 4.46. The largest absolute Gasteiger partial charge is 0.311 e. The number of benzene rings is 3. The van der Waals surface area contributed by atoms with Crippen LogP contribution in [0.25, 0.3) is 0 Å². The third-order valence-electron chi connectivity index (χ3n) is 6.01. The molecule has 3 aromatic rings. The molecule has 0 bridgehead atoms. The summed E-state index contributed by atoms with van der Waals surface area (Å²) in [5.74, 6) is 0.451. The Balaban J connectivity index is 1.60. The second-order valence-corrected chi connectivity index (χ2v) is 9.33. The molecule has 6 heteroatoms. The lowest BCUT2D eigenvalue weighted by Gasteiger charge is -2.33. The molecule has 0 saturated carbocycles. The van der Waals surface area contributed by atoms with Crippen LogP contribution < -0.4 is 4.90 Å². The Labute approximate surface area is 191 Å². The van der Waals surface area contributed by atoms with E-state index in [4.69, 9.17) is 0 Å². The molecular weight excluding hydrogens is 418 g/mol. The van der Waals surface area contributed by atoms with Crippen molar-refractivity contribution in [3.05, 3.63) is 101 Å². The first-order valence-electron chi connectivity index (χ1n) is 10.5. The average molecular weight is 440 g/mol. The third kappa shape index (κ3) is 3.09. The number of hydrogen-bond acceptors (Lipinski definition) is 4. The molecular formula is C26H21N3O2S. The smallest absolute Gasteiger partial charge is 0.268 e. The van der Waals surface area contributed by atoms with Gasteiger partial charge in [-0.05, 0) is 42.8 Å². The van der Waals surface area contributed by atoms with Crippen LogP contribution in [-0.4, -0.2) is 29.0 Å². The van der Waals surface area contributed by atoms with Gasteiger partial charge in [0.2, 0.25) is 0 Å². The quantitative estimate of drug-likeness (QED) is 0.605. The van der Waals surface area contributed by atoms with Crippen molar-refractivity contribution >= 4 is 29.3 Å². The lowest BCUT2D eigenvalue weighted by atomic mass is 10.0. The summed E-state index contributed by atoms with van der Waals surface area (Å²) in [6.07, 6.45) is 0. The minimum Gasteiger partial charge on any atom is -0.311 e. The van der Waals surface area contributed by atoms with Crippen LogP contribution in [0.5, 0.6) is 0 Å². The molecule has 1 fully saturated rings. The Morgan fingerprint density at radius 3 is 2.69 bits per heavy atom. The van der Waals surface area contributed by atoms with Gasteiger partial charge in [0.25, 0.3) is 11.8 Å². The summed E-state index contributed by atoms with van der Waals surface area (Å²) < 4.78 is 0. The van der Waals surface area contributed by atoms with E-state index in [1.54, 1.807) is 34.1 Å². The molecule has 0 unspecified atom stereocenters. The highest BCUT2D eigenvalue weighted by atomic mass is 32.2. The molecule has 2 heterocycles. The summed E-state index contributed by atoms with van der Waals surface area (Å²) in [6.45, 7) is 2.86. The fourth-order valence-electron chi connectivity index (χ4n) is 4.54. The van der Waals surface area contributed by atoms with Gasteiger partial charge in [-0.15, -0.1) is 11.8 Å². The number of fused-ring (bicyclic) bond motifs is 2. The van der Waals surface area contributed by atoms with Gasteiger partial charge in [0.15, 0.2) is 4.87 Å². The maximum atomic E-state index is 14.0. The summed E-state index contributed by atoms with van der Waals surface area (Å²) in [6, 6.07) is 24.6. The van der Waals surface area contributed by atoms with E-state index >= 15 is 0 Å². The van der Waals surface area contributed by atoms with Crippen LogP contribution in [0.3, 0.4) is 0 Å². The van der Waals surface area contributed by atoms with E-state index in [1.807, 2.05) is 55.5 Å². The Morgan fingerprint density at radius 1 is 1.09 bits per heavy atom. The third-order valence-corrected chi connectivity index (χ3v) is 7.43. The molecule has 1 saturated heterocycles. The van der Waals surface area contributed by atoms with Gasteiger partial charge in [-0.3, -0.25) is 9.59 Å². The number of aryl methyl sites for hydroxylation is 1. The molecule has 1 atom stereocenters. The van der Waals surface area contributed by atoms with Gasteiger partial charge in [-0.25, -0.2) is 0 Å². The van der Waals surface area contributed by atoms with Gasteiger partial charge in [0, 0.05) is 23.4 Å². The van der Waals surface area contributed by atoms with Crippen LogP contribution in [0.15, 0.2) is 72.8 Å². The summed E-state index contributed by atoms with van der Waals surface area (Å²) in [5, 5.41) is 9.26. The minimum atomic E-state index is -1.07. The molecule has 5 rings (SSSR count). The summed E-state index contributed by atoms with van der Waals surface area (Å²) in [4.78, 5) is 30.0. The Kier molecular flexibility index (Phi) is 4.99. The second-order valence-electron chi connectivity index (χ2n) is 8.04. The van der Waals surface area contributed by atoms with Crippen molar-refractivity contribution in [3.8, 4) is 6.07 Å². The van der Waals surface area contributed by atoms with E-state index in [0.717, 1.165) is 22.4 Å². The van der Waals surface area contributed by atoms with Crippen molar-refractivity contribution in [1.82, 2.24) is 4.90 Å². The zero-order valence-corrected chi connectivity index (χ0v) is 18.4. The second kappa shape index (κ2) is 7.85. The lowest BCUT2D eigenvalue weighted by Crippen LogP contribution is -2.50. The number of anilines is 1. The Hall–Kier alpha value is -3.56. The standard InChI is InChI=1S/C26H21N3O2S/c1-18-10-11-23-22(14-18)26(25(31)28(23)17-20-7-5-6-19(15-20)16-27)29(12-13-32-26)24(30)21-8-3-2-4-9-21/h2-11,14-15H,12-13,17H2,1H3/t26-/m0/s1. The normalized spacial score (nSPS) is 19.3. The van der Waals surface area contributed by atoms with Gasteiger partial charge >= 0.3 is 0 Å². The number of nitriles is 1. The van der Waals surface area contributed by atoms with E-state index in [2.05, 4.69) is 6.07 Å². The maximum absolute atomic E-state index is 14.0. The van der Waals surface area contributed by atoms with Crippen LogP contribution in [-0.2, 0) is 16.2 Å². The fourth-order valence-corrected chi connectivity index (χ4v) is 6.00. The molecule has 5 nitrogen and oxygen atoms in total. The first-order valence-corrected chi connectivity index (χ1v) is 11.5. The molecule has 0 aromatic heterocycles. The van der Waals surface area contributed by atoms with Crippen LogP contribution in [0.4, 0.5) is 5.69 Å². The zero-order valence-electron chi connectivity index (χ0n) is 17.6. The topological polar surface area (TPSA) is 64.4 Å². The van der Waals surface area contributed by atoms with Crippen molar-refractivity contribution in [1.29, 1.82) is 5.26 Å². The van der Waals surface area contributed by atoms with Crippen molar-refractivity contribution in [2.24, 2.45) is 0 Å². The number of rotatable bonds is 3. The Bertz CT molecular complexity index is 1270. The van der Waals surface area contributed by atoms with Gasteiger partial charge < -0.3 is 9.80 Å². The van der Waals surface area contributed by atoms with Crippen molar-refractivity contribution in [3.63, 3.8) is 0 Å². The number of thioether (sulfide) groups is 1. The highest BCUT2D eigenvalue weighted by Gasteiger charge is 2.59. The van der Waals surface area contributed by atoms with Crippen LogP contribution in [0.1, 0.15) is 32.6 Å². The molecule has 0 N–H and O–H groups in total. The van der Waals surface area contributed by atoms with Crippen molar-refractivity contribution in [2.45, 2.75) is 18.3 Å². The monoisotopic (exact) mass is 439 g/mol. The first-order chi connectivity index (χ1) is 15.5. The fraction of sp³-hybridized carbons (Fsp3) is 0.192. The van der Waals surface area contributed by atoms with E-state index in [0.29, 0.717) is 30.0 Å². The summed E-state index contributed by atoms with van der Waals surface area (Å²) in [7, 11) is 0. The average Bonchev–Trinajstić information content (AvgIpc) is 3.36. The first kappa shape index (κ1) is 20.3. The molecule has 0 radical (unpaired) electrons. The number of carbonyl (C=O) groups is 2. The highest BCUT2D eigenvalue weighted by Crippen LogP contribution is 2.55. The molecule has 158 valence electrons. The number of hydrogen-bond donors (Lipinski definition) is 0. The molecule has 1 spiro atoms. The molecule has 3 aromatic carbocycles. The summed E-state index contributed by atoms with van der Waals surface area (Å²) in [5.41, 5.74) is 4.75. The van der Waals surface area contributed by atoms with Gasteiger partial charge in [-0.2, -0.15) is 5.26 Å². The predicted molar refractivity (Wildman–Crippen MR) is 125 cm³/mol. The number of nitrogens with zero attached hydrogens (tertiary/aromatic N) is 3. The van der Waals surface area contributed by atoms with Crippen molar-refractivity contribution in [2.75, 3.05) is 17.2 Å². The van der Waals surface area contributed by atoms with E-state index in [-0.39, 0.29) is 11.8 Å². The maximum Gasteiger partial charge on any atom is 0.268 e. The molecule has 0 aliphatic carbocycles. The van der Waals surface area contributed by atoms with E-state index < -0.39 is 4.87 Å². The number of carbonyl (C=O) groups excluding carboxylic acids is 2. The van der Waals surface area contributed by atoms with Gasteiger partial charge in [0.1, 0.15) is 0 Å². The summed E-state index contributed by atoms with van der Waals surface area (Å²) >= 11 is 1.53. The van der Waals surface area contributed by atoms with Crippen LogP contribution in [0.2, 0.25) is 0 Å². The molecule has 2 aliphatic rings. The molecule has 2 aliphatic heterocycles. The van der Waals surface area contributed by atoms with Gasteiger partial charge in [-0.1, -0.05) is 48.0 Å². The van der Waals surface area contributed by atoms with Gasteiger partial charge in [0.05, 0.1) is 23.9 Å². The SMILES string of the molecule is Cc1ccc2c(c1)[C@]1(SCCN1C(=O)c1ccccc1)C(=O)N2Cc1cccc(C#N)c1. The number of amides is 2. The molecule has 2 amide bonds. The van der Waals surface area contributed by atoms with Crippen LogP contribution in [0, 0.1) is 18.3 Å². The van der Waals surface area contributed by atoms with Crippen molar-refractivity contribution < 1.29 is 9.59 Å². The van der Waals surface area contributed by atoms with Crippen LogP contribution >= 0.6 is 11.8 Å². The lowest BCUT2D eigenvalue weighted by molar-refractivity contribution is -0.123. The van der Waals surface area contributed by atoms with E-state index in [9.17, 15) is 14.9 Å². The minimum absolute atomic E-state index is 0.104. The molecule has 32 heavy (non-hydrogen) atoms. The van der Waals surface area contributed by atoms with E-state index in [1.165, 1.54) is 11.8 Å². The highest BCUT2D eigenvalue weighted by molar-refractivity contribution is 8.01.